The number of carbonyl (C=O) groups is 7. The van der Waals surface area contributed by atoms with Crippen LogP contribution in [0.15, 0.2) is 85.5 Å². The summed E-state index contributed by atoms with van der Waals surface area (Å²) in [6.45, 7) is 40.5. The highest BCUT2D eigenvalue weighted by Crippen LogP contribution is 2.41. The number of rotatable bonds is 34. The van der Waals surface area contributed by atoms with Crippen LogP contribution in [0.5, 0.6) is 23.0 Å². The van der Waals surface area contributed by atoms with Gasteiger partial charge in [-0.3, -0.25) is 34.6 Å². The Kier molecular flexibility index (Phi) is 29.0. The van der Waals surface area contributed by atoms with Crippen LogP contribution in [0.4, 0.5) is 26.7 Å². The summed E-state index contributed by atoms with van der Waals surface area (Å²) in [4.78, 5) is 98.9. The van der Waals surface area contributed by atoms with Crippen molar-refractivity contribution in [2.45, 2.75) is 155 Å². The van der Waals surface area contributed by atoms with Gasteiger partial charge in [-0.25, -0.2) is 9.59 Å². The van der Waals surface area contributed by atoms with Gasteiger partial charge in [0.05, 0.1) is 95.1 Å². The molecule has 524 valence electrons. The lowest BCUT2D eigenvalue weighted by atomic mass is 10.0. The molecule has 0 saturated carbocycles. The molecule has 4 atom stereocenters. The van der Waals surface area contributed by atoms with Gasteiger partial charge < -0.3 is 72.5 Å². The maximum atomic E-state index is 14.9. The molecule has 7 amide bonds. The second-order valence-electron chi connectivity index (χ2n) is 27.1. The van der Waals surface area contributed by atoms with Gasteiger partial charge in [0.1, 0.15) is 25.3 Å². The number of benzene rings is 3. The zero-order valence-corrected chi connectivity index (χ0v) is 60.6. The van der Waals surface area contributed by atoms with E-state index in [9.17, 15) is 33.6 Å². The first kappa shape index (κ1) is 77.9. The summed E-state index contributed by atoms with van der Waals surface area (Å²) >= 11 is 0. The maximum Gasteiger partial charge on any atom is 0.411 e. The van der Waals surface area contributed by atoms with Crippen LogP contribution in [-0.2, 0) is 48.8 Å². The first-order valence-electron chi connectivity index (χ1n) is 32.1. The summed E-state index contributed by atoms with van der Waals surface area (Å²) in [6, 6.07) is 10.0. The van der Waals surface area contributed by atoms with E-state index in [0.29, 0.717) is 50.5 Å². The van der Waals surface area contributed by atoms with Gasteiger partial charge in [0.25, 0.3) is 11.8 Å². The second kappa shape index (κ2) is 35.3. The molecule has 5 N–H and O–H groups in total. The van der Waals surface area contributed by atoms with E-state index < -0.39 is 58.6 Å². The van der Waals surface area contributed by atoms with Crippen molar-refractivity contribution >= 4 is 75.4 Å². The smallest absolute Gasteiger partial charge is 0.411 e. The molecule has 3 aromatic carbocycles. The quantitative estimate of drug-likeness (QED) is 0.0211. The first-order valence-corrected chi connectivity index (χ1v) is 37.9. The summed E-state index contributed by atoms with van der Waals surface area (Å²) in [5.41, 5.74) is 3.09. The van der Waals surface area contributed by atoms with Gasteiger partial charge in [0.2, 0.25) is 17.7 Å². The Labute approximate surface area is 563 Å². The van der Waals surface area contributed by atoms with Gasteiger partial charge in [-0.05, 0) is 91.8 Å². The van der Waals surface area contributed by atoms with Gasteiger partial charge >= 0.3 is 12.2 Å². The minimum absolute atomic E-state index is 0.0384. The summed E-state index contributed by atoms with van der Waals surface area (Å²) in [7, 11) is 0.0167. The second-order valence-corrected chi connectivity index (χ2v) is 36.8. The predicted octanol–water partition coefficient (Wildman–Crippen LogP) is 11.3. The maximum absolute atomic E-state index is 14.9. The van der Waals surface area contributed by atoms with Crippen molar-refractivity contribution in [1.29, 1.82) is 0 Å². The highest BCUT2D eigenvalue weighted by molar-refractivity contribution is 6.74. The average molecular weight is 1360 g/mol. The molecule has 24 nitrogen and oxygen atoms in total. The minimum Gasteiger partial charge on any atom is -0.493 e. The molecule has 2 aliphatic heterocycles. The lowest BCUT2D eigenvalue weighted by Crippen LogP contribution is -2.53. The first-order chi connectivity index (χ1) is 44.6. The van der Waals surface area contributed by atoms with Gasteiger partial charge in [-0.15, -0.1) is 0 Å². The number of amides is 7. The number of nitrogens with zero attached hydrogens (tertiary/aromatic N) is 2. The van der Waals surface area contributed by atoms with Crippen LogP contribution in [0.3, 0.4) is 0 Å². The Morgan fingerprint density at radius 2 is 1.11 bits per heavy atom. The number of ether oxygens (including phenoxy) is 8. The third kappa shape index (κ3) is 22.7. The number of hydrogen-bond donors (Lipinski definition) is 5. The van der Waals surface area contributed by atoms with E-state index in [4.69, 9.17) is 46.7 Å². The third-order valence-electron chi connectivity index (χ3n) is 17.3. The number of methoxy groups -OCH3 is 3. The Morgan fingerprint density at radius 3 is 1.55 bits per heavy atom. The predicted molar refractivity (Wildman–Crippen MR) is 371 cm³/mol. The fraction of sp³-hybridized carbons (Fsp3) is 0.551. The standard InChI is InChI=1S/C69H103N7O17Si2/c1-20-27-90-66(82)72-54-37-58(56(85-14)35-52(54)64(80)75-39-45(4)33-50(75)42-92-94(16,17)68(7,8)9)88-28-21-29-89-59-38-55(53(36-57(59)86-15)65(81)76-40-46(5)34-51(76)43-93-95(18,19)69(10,11)12)73-67(83)91-41-48-22-24-49(25-23-48)71-62(78)47(6)70-63(79)61(44(2)3)74-60(77)26-30-87-32-31-84-13/h20,22-25,35-38,44,47,50-51,61H,1,4-5,21,26-34,39-43H2,2-3,6-19H3,(H,70,79)(H,71,78)(H,72,82)(H,73,83)(H,74,77)/t47-,50-,51-,61-/m0/s1. The summed E-state index contributed by atoms with van der Waals surface area (Å²) in [6.07, 6.45) is 1.11. The van der Waals surface area contributed by atoms with E-state index in [1.165, 1.54) is 51.5 Å². The number of nitrogens with one attached hydrogen (secondary N) is 5. The Hall–Kier alpha value is -7.76. The SMILES string of the molecule is C=CCOC(=O)Nc1cc(OCCCOc2cc(NC(=O)OCc3ccc(NC(=O)[C@H](C)NC(=O)[C@@H](NC(=O)CCOCCOC)C(C)C)cc3)c(C(=O)N3CC(=C)C[C@H]3CO[Si](C)(C)C(C)(C)C)cc2OC)c(OC)cc1C(=O)N1CC(=C)C[C@H]1CO[Si](C)(C)C(C)(C)C. The summed E-state index contributed by atoms with van der Waals surface area (Å²) in [5.74, 6) is -1.66. The van der Waals surface area contributed by atoms with E-state index in [1.54, 1.807) is 55.0 Å². The molecule has 26 heteroatoms. The number of hydrogen-bond acceptors (Lipinski definition) is 17. The largest absolute Gasteiger partial charge is 0.493 e. The average Bonchev–Trinajstić information content (AvgIpc) is 1.78. The van der Waals surface area contributed by atoms with E-state index in [-0.39, 0.29) is 144 Å². The number of carbonyl (C=O) groups excluding carboxylic acids is 7. The zero-order chi connectivity index (χ0) is 70.6. The van der Waals surface area contributed by atoms with Gasteiger partial charge in [-0.1, -0.05) is 104 Å². The van der Waals surface area contributed by atoms with Crippen LogP contribution in [-0.4, -0.2) is 180 Å². The normalized spacial score (nSPS) is 15.8. The van der Waals surface area contributed by atoms with Gasteiger partial charge in [0, 0.05) is 50.9 Å². The fourth-order valence-electron chi connectivity index (χ4n) is 9.60. The van der Waals surface area contributed by atoms with Crippen LogP contribution in [0.1, 0.15) is 114 Å². The minimum atomic E-state index is -2.23. The van der Waals surface area contributed by atoms with Crippen LogP contribution >= 0.6 is 0 Å². The summed E-state index contributed by atoms with van der Waals surface area (Å²) < 4.78 is 58.6. The van der Waals surface area contributed by atoms with E-state index >= 15 is 0 Å². The van der Waals surface area contributed by atoms with Crippen molar-refractivity contribution in [3.8, 4) is 23.0 Å². The van der Waals surface area contributed by atoms with Crippen LogP contribution in [0.2, 0.25) is 36.3 Å². The van der Waals surface area contributed by atoms with Crippen molar-refractivity contribution in [1.82, 2.24) is 20.4 Å². The molecule has 95 heavy (non-hydrogen) atoms. The molecule has 0 bridgehead atoms. The Balaban J connectivity index is 1.32. The molecule has 0 aliphatic carbocycles. The molecule has 0 spiro atoms. The fourth-order valence-corrected chi connectivity index (χ4v) is 11.7. The van der Waals surface area contributed by atoms with Gasteiger partial charge in [-0.2, -0.15) is 0 Å². The molecular formula is C69H103N7O17Si2. The van der Waals surface area contributed by atoms with Crippen molar-refractivity contribution in [2.24, 2.45) is 5.92 Å². The molecular weight excluding hydrogens is 1250 g/mol. The van der Waals surface area contributed by atoms with Crippen molar-refractivity contribution in [3.05, 3.63) is 102 Å². The molecule has 2 aliphatic rings. The molecule has 2 saturated heterocycles. The lowest BCUT2D eigenvalue weighted by molar-refractivity contribution is -0.132. The van der Waals surface area contributed by atoms with Crippen LogP contribution < -0.4 is 45.5 Å². The van der Waals surface area contributed by atoms with Crippen molar-refractivity contribution in [2.75, 3.05) is 103 Å². The molecule has 0 radical (unpaired) electrons. The monoisotopic (exact) mass is 1360 g/mol. The molecule has 0 aromatic heterocycles. The van der Waals surface area contributed by atoms with Crippen LogP contribution in [0, 0.1) is 5.92 Å². The third-order valence-corrected chi connectivity index (χ3v) is 26.3. The van der Waals surface area contributed by atoms with Crippen molar-refractivity contribution in [3.63, 3.8) is 0 Å². The highest BCUT2D eigenvalue weighted by Gasteiger charge is 2.42. The molecule has 2 fully saturated rings. The number of anilines is 3. The molecule has 0 unspecified atom stereocenters. The zero-order valence-electron chi connectivity index (χ0n) is 58.6. The Morgan fingerprint density at radius 1 is 0.621 bits per heavy atom. The van der Waals surface area contributed by atoms with E-state index in [1.807, 2.05) is 0 Å². The highest BCUT2D eigenvalue weighted by atomic mass is 28.4. The molecule has 3 aromatic rings. The van der Waals surface area contributed by atoms with Crippen molar-refractivity contribution < 1.29 is 80.3 Å². The van der Waals surface area contributed by atoms with E-state index in [0.717, 1.165) is 11.1 Å². The Bertz CT molecular complexity index is 3200. The van der Waals surface area contributed by atoms with E-state index in [2.05, 4.69) is 114 Å². The number of likely N-dealkylation sites (tertiary alicyclic amines) is 2. The van der Waals surface area contributed by atoms with Gasteiger partial charge in [0.15, 0.2) is 39.6 Å². The summed E-state index contributed by atoms with van der Waals surface area (Å²) in [5, 5.41) is 13.5. The molecule has 2 heterocycles. The lowest BCUT2D eigenvalue weighted by Gasteiger charge is -2.38. The van der Waals surface area contributed by atoms with Crippen LogP contribution in [0.25, 0.3) is 0 Å². The molecule has 5 rings (SSSR count). The topological polar surface area (TPSA) is 278 Å².